The monoisotopic (exact) mass is 399 g/mol. The molecular formula is C24H21N3O3. The zero-order valence-corrected chi connectivity index (χ0v) is 16.4. The number of ether oxygens (including phenoxy) is 1. The highest BCUT2D eigenvalue weighted by Gasteiger charge is 2.33. The Morgan fingerprint density at radius 2 is 1.33 bits per heavy atom. The Bertz CT molecular complexity index is 1040. The normalized spacial score (nSPS) is 15.1. The van der Waals surface area contributed by atoms with Gasteiger partial charge in [-0.25, -0.2) is 4.79 Å². The number of hydrogen-bond acceptors (Lipinski definition) is 4. The van der Waals surface area contributed by atoms with Crippen molar-refractivity contribution >= 4 is 29.4 Å². The number of carbonyl (C=O) groups excluding carboxylic acids is 2. The van der Waals surface area contributed by atoms with Crippen molar-refractivity contribution in [2.24, 2.45) is 0 Å². The smallest absolute Gasteiger partial charge is 0.329 e. The highest BCUT2D eigenvalue weighted by Crippen LogP contribution is 2.46. The lowest BCUT2D eigenvalue weighted by Crippen LogP contribution is -2.52. The van der Waals surface area contributed by atoms with Crippen LogP contribution in [-0.2, 0) is 0 Å². The molecule has 150 valence electrons. The lowest BCUT2D eigenvalue weighted by atomic mass is 10.1. The van der Waals surface area contributed by atoms with Crippen LogP contribution in [0.3, 0.4) is 0 Å². The minimum atomic E-state index is -0.0471. The Hall–Kier alpha value is -3.80. The molecule has 0 bridgehead atoms. The van der Waals surface area contributed by atoms with Crippen LogP contribution in [0.4, 0.5) is 21.9 Å². The summed E-state index contributed by atoms with van der Waals surface area (Å²) < 4.78 is 5.99. The second-order valence-corrected chi connectivity index (χ2v) is 7.34. The highest BCUT2D eigenvalue weighted by atomic mass is 16.5. The average molecular weight is 399 g/mol. The molecule has 3 aromatic rings. The topological polar surface area (TPSA) is 53.1 Å². The van der Waals surface area contributed by atoms with E-state index in [4.69, 9.17) is 4.74 Å². The third kappa shape index (κ3) is 3.16. The van der Waals surface area contributed by atoms with Crippen molar-refractivity contribution < 1.29 is 14.3 Å². The van der Waals surface area contributed by atoms with Gasteiger partial charge in [-0.2, -0.15) is 0 Å². The number of carbonyl (C=O) groups is 2. The number of aldehydes is 1. The van der Waals surface area contributed by atoms with Crippen LogP contribution >= 0.6 is 0 Å². The van der Waals surface area contributed by atoms with Crippen molar-refractivity contribution in [1.29, 1.82) is 0 Å². The Labute approximate surface area is 174 Å². The van der Waals surface area contributed by atoms with Gasteiger partial charge in [-0.3, -0.25) is 9.69 Å². The lowest BCUT2D eigenvalue weighted by molar-refractivity contribution is 0.112. The van der Waals surface area contributed by atoms with Crippen LogP contribution in [0.15, 0.2) is 72.8 Å². The maximum absolute atomic E-state index is 13.5. The SMILES string of the molecule is O=Cc1ccc(N2CCN(C(=O)N3c4ccccc4Oc4ccccc43)CC2)cc1. The zero-order chi connectivity index (χ0) is 20.5. The van der Waals surface area contributed by atoms with Crippen molar-refractivity contribution in [1.82, 2.24) is 4.90 Å². The first kappa shape index (κ1) is 18.2. The Morgan fingerprint density at radius 1 is 0.767 bits per heavy atom. The van der Waals surface area contributed by atoms with Crippen molar-refractivity contribution in [3.63, 3.8) is 0 Å². The molecule has 0 N–H and O–H groups in total. The number of amides is 2. The third-order valence-corrected chi connectivity index (χ3v) is 5.57. The molecule has 2 heterocycles. The summed E-state index contributed by atoms with van der Waals surface area (Å²) in [5.74, 6) is 1.36. The van der Waals surface area contributed by atoms with E-state index in [-0.39, 0.29) is 6.03 Å². The molecule has 5 rings (SSSR count). The summed E-state index contributed by atoms with van der Waals surface area (Å²) in [7, 11) is 0. The van der Waals surface area contributed by atoms with E-state index < -0.39 is 0 Å². The molecule has 0 saturated carbocycles. The molecule has 1 fully saturated rings. The van der Waals surface area contributed by atoms with E-state index in [1.807, 2.05) is 77.7 Å². The number of rotatable bonds is 2. The molecule has 2 aliphatic rings. The first-order valence-electron chi connectivity index (χ1n) is 10.00. The van der Waals surface area contributed by atoms with E-state index in [9.17, 15) is 9.59 Å². The third-order valence-electron chi connectivity index (χ3n) is 5.57. The van der Waals surface area contributed by atoms with Crippen LogP contribution in [0, 0.1) is 0 Å². The van der Waals surface area contributed by atoms with Gasteiger partial charge in [-0.05, 0) is 48.5 Å². The lowest BCUT2D eigenvalue weighted by Gasteiger charge is -2.40. The summed E-state index contributed by atoms with van der Waals surface area (Å²) in [5.41, 5.74) is 3.24. The highest BCUT2D eigenvalue weighted by molar-refractivity contribution is 6.03. The van der Waals surface area contributed by atoms with Crippen molar-refractivity contribution in [2.45, 2.75) is 0 Å². The Kier molecular flexibility index (Phi) is 4.59. The standard InChI is InChI=1S/C24H21N3O3/c28-17-18-9-11-19(12-10-18)25-13-15-26(16-14-25)24(29)27-20-5-1-3-7-22(20)30-23-8-4-2-6-21(23)27/h1-12,17H,13-16H2. The molecule has 0 spiro atoms. The number of nitrogens with zero attached hydrogens (tertiary/aromatic N) is 3. The molecule has 3 aromatic carbocycles. The summed E-state index contributed by atoms with van der Waals surface area (Å²) >= 11 is 0. The maximum atomic E-state index is 13.5. The molecule has 0 aliphatic carbocycles. The van der Waals surface area contributed by atoms with Gasteiger partial charge in [-0.1, -0.05) is 24.3 Å². The van der Waals surface area contributed by atoms with E-state index in [1.165, 1.54) is 0 Å². The molecule has 6 nitrogen and oxygen atoms in total. The summed E-state index contributed by atoms with van der Waals surface area (Å²) in [6, 6.07) is 22.7. The first-order chi connectivity index (χ1) is 14.7. The number of anilines is 3. The molecule has 0 aromatic heterocycles. The summed E-state index contributed by atoms with van der Waals surface area (Å²) in [5, 5.41) is 0. The van der Waals surface area contributed by atoms with E-state index in [0.29, 0.717) is 30.2 Å². The van der Waals surface area contributed by atoms with Crippen molar-refractivity contribution in [3.8, 4) is 11.5 Å². The molecule has 2 aliphatic heterocycles. The average Bonchev–Trinajstić information content (AvgIpc) is 2.82. The summed E-state index contributed by atoms with van der Waals surface area (Å²) in [6.07, 6.45) is 0.846. The Balaban J connectivity index is 1.36. The second kappa shape index (κ2) is 7.55. The molecular weight excluding hydrogens is 378 g/mol. The predicted molar refractivity (Wildman–Crippen MR) is 116 cm³/mol. The molecule has 0 radical (unpaired) electrons. The van der Waals surface area contributed by atoms with Crippen LogP contribution in [-0.4, -0.2) is 43.4 Å². The van der Waals surface area contributed by atoms with Crippen LogP contribution < -0.4 is 14.5 Å². The Morgan fingerprint density at radius 3 is 1.90 bits per heavy atom. The van der Waals surface area contributed by atoms with Crippen molar-refractivity contribution in [3.05, 3.63) is 78.4 Å². The van der Waals surface area contributed by atoms with Crippen LogP contribution in [0.25, 0.3) is 0 Å². The van der Waals surface area contributed by atoms with Gasteiger partial charge in [0.15, 0.2) is 11.5 Å². The quantitative estimate of drug-likeness (QED) is 0.587. The van der Waals surface area contributed by atoms with Crippen LogP contribution in [0.1, 0.15) is 10.4 Å². The maximum Gasteiger partial charge on any atom is 0.329 e. The van der Waals surface area contributed by atoms with Gasteiger partial charge in [0.25, 0.3) is 0 Å². The summed E-state index contributed by atoms with van der Waals surface area (Å²) in [6.45, 7) is 2.71. The van der Waals surface area contributed by atoms with Crippen molar-refractivity contribution in [2.75, 3.05) is 36.0 Å². The molecule has 0 unspecified atom stereocenters. The number of hydrogen-bond donors (Lipinski definition) is 0. The van der Waals surface area contributed by atoms with Gasteiger partial charge >= 0.3 is 6.03 Å². The first-order valence-corrected chi connectivity index (χ1v) is 10.00. The second-order valence-electron chi connectivity index (χ2n) is 7.34. The molecule has 30 heavy (non-hydrogen) atoms. The summed E-state index contributed by atoms with van der Waals surface area (Å²) in [4.78, 5) is 30.3. The van der Waals surface area contributed by atoms with Gasteiger partial charge in [0.05, 0.1) is 11.4 Å². The fourth-order valence-electron chi connectivity index (χ4n) is 3.97. The molecule has 1 saturated heterocycles. The minimum Gasteiger partial charge on any atom is -0.453 e. The molecule has 2 amide bonds. The van der Waals surface area contributed by atoms with E-state index >= 15 is 0 Å². The van der Waals surface area contributed by atoms with Gasteiger partial charge < -0.3 is 14.5 Å². The van der Waals surface area contributed by atoms with Gasteiger partial charge in [0.2, 0.25) is 0 Å². The van der Waals surface area contributed by atoms with Gasteiger partial charge in [-0.15, -0.1) is 0 Å². The fourth-order valence-corrected chi connectivity index (χ4v) is 3.97. The largest absolute Gasteiger partial charge is 0.453 e. The number of benzene rings is 3. The van der Waals surface area contributed by atoms with Gasteiger partial charge in [0, 0.05) is 37.4 Å². The molecule has 6 heteroatoms. The zero-order valence-electron chi connectivity index (χ0n) is 16.4. The van der Waals surface area contributed by atoms with E-state index in [1.54, 1.807) is 4.90 Å². The van der Waals surface area contributed by atoms with Crippen LogP contribution in [0.5, 0.6) is 11.5 Å². The minimum absolute atomic E-state index is 0.0471. The fraction of sp³-hybridized carbons (Fsp3) is 0.167. The number of urea groups is 1. The van der Waals surface area contributed by atoms with Gasteiger partial charge in [0.1, 0.15) is 6.29 Å². The predicted octanol–water partition coefficient (Wildman–Crippen LogP) is 4.69. The van der Waals surface area contributed by atoms with E-state index in [2.05, 4.69) is 4.90 Å². The van der Waals surface area contributed by atoms with E-state index in [0.717, 1.165) is 36.4 Å². The number of para-hydroxylation sites is 4. The number of fused-ring (bicyclic) bond motifs is 2. The number of piperazine rings is 1. The molecule has 0 atom stereocenters. The van der Waals surface area contributed by atoms with Crippen LogP contribution in [0.2, 0.25) is 0 Å².